The molecule has 0 aromatic heterocycles. The number of carbonyl (C=O) groups is 2. The molecule has 2 aliphatic rings. The van der Waals surface area contributed by atoms with Crippen LogP contribution >= 0.6 is 0 Å². The van der Waals surface area contributed by atoms with Crippen molar-refractivity contribution >= 4 is 11.9 Å². The second-order valence-corrected chi connectivity index (χ2v) is 10.8. The van der Waals surface area contributed by atoms with E-state index in [2.05, 4.69) is 0 Å². The van der Waals surface area contributed by atoms with E-state index >= 15 is 0 Å². The van der Waals surface area contributed by atoms with Crippen molar-refractivity contribution < 1.29 is 29.3 Å². The Morgan fingerprint density at radius 2 is 0.900 bits per heavy atom. The minimum Gasteiger partial charge on any atom is -0.860 e. The van der Waals surface area contributed by atoms with Gasteiger partial charge in [-0.25, -0.2) is 9.59 Å². The molecular formula is C32H38N2O6-2. The summed E-state index contributed by atoms with van der Waals surface area (Å²) in [5.74, 6) is -1.40. The molecule has 1 aromatic carbocycles. The van der Waals surface area contributed by atoms with Gasteiger partial charge in [0.1, 0.15) is 11.5 Å². The average molecular weight is 547 g/mol. The molecule has 0 radical (unpaired) electrons. The number of hydrogen-bond donors (Lipinski definition) is 0. The zero-order valence-electron chi connectivity index (χ0n) is 24.4. The number of carbonyl (C=O) groups excluding carboxylic acids is 2. The lowest BCUT2D eigenvalue weighted by atomic mass is 10.1. The van der Waals surface area contributed by atoms with Crippen molar-refractivity contribution in [3.8, 4) is 0 Å². The summed E-state index contributed by atoms with van der Waals surface area (Å²) in [5.41, 5.74) is 1.03. The number of esters is 2. The molecular weight excluding hydrogens is 508 g/mol. The molecule has 0 bridgehead atoms. The van der Waals surface area contributed by atoms with Gasteiger partial charge in [-0.05, 0) is 104 Å². The van der Waals surface area contributed by atoms with Crippen LogP contribution in [-0.4, -0.2) is 45.9 Å². The van der Waals surface area contributed by atoms with Crippen molar-refractivity contribution in [2.24, 2.45) is 0 Å². The van der Waals surface area contributed by atoms with E-state index in [-0.39, 0.29) is 58.6 Å². The van der Waals surface area contributed by atoms with Gasteiger partial charge in [0.25, 0.3) is 0 Å². The molecule has 0 saturated carbocycles. The van der Waals surface area contributed by atoms with E-state index in [1.54, 1.807) is 46.3 Å². The van der Waals surface area contributed by atoms with E-state index in [1.165, 1.54) is 24.3 Å². The first-order valence-electron chi connectivity index (χ1n) is 13.5. The summed E-state index contributed by atoms with van der Waals surface area (Å²) in [7, 11) is 0. The third kappa shape index (κ3) is 6.68. The second kappa shape index (κ2) is 12.8. The van der Waals surface area contributed by atoms with E-state index in [0.29, 0.717) is 11.1 Å². The smallest absolute Gasteiger partial charge is 0.343 e. The highest BCUT2D eigenvalue weighted by molar-refractivity contribution is 5.94. The topological polar surface area (TPSA) is 105 Å². The summed E-state index contributed by atoms with van der Waals surface area (Å²) >= 11 is 0. The number of allylic oxidation sites excluding steroid dienone is 6. The highest BCUT2D eigenvalue weighted by Gasteiger charge is 2.22. The standard InChI is InChI=1S/C32H40N2O6/c1-19(2)33(20(3)4)29(35)25-11-9-13-27(25)39-31(37)23-15-17-24(18-16-23)32(38)40-28-14-10-12-26(28)30(36)34(21(5)6)22(7)8/h9-22,35-36H,1-8H3/p-2/b29-25-,30-26-. The van der Waals surface area contributed by atoms with Crippen LogP contribution in [0.15, 0.2) is 95.2 Å². The molecule has 8 heteroatoms. The molecule has 40 heavy (non-hydrogen) atoms. The van der Waals surface area contributed by atoms with Crippen LogP contribution in [0.3, 0.4) is 0 Å². The monoisotopic (exact) mass is 546 g/mol. The van der Waals surface area contributed by atoms with E-state index in [0.717, 1.165) is 0 Å². The summed E-state index contributed by atoms with van der Waals surface area (Å²) in [4.78, 5) is 29.1. The molecule has 0 aliphatic heterocycles. The molecule has 3 rings (SSSR count). The highest BCUT2D eigenvalue weighted by Crippen LogP contribution is 2.28. The fourth-order valence-electron chi connectivity index (χ4n) is 4.81. The zero-order valence-corrected chi connectivity index (χ0v) is 24.4. The van der Waals surface area contributed by atoms with Crippen LogP contribution in [0.25, 0.3) is 0 Å². The van der Waals surface area contributed by atoms with Gasteiger partial charge in [-0.3, -0.25) is 0 Å². The summed E-state index contributed by atoms with van der Waals surface area (Å²) in [6, 6.07) is 5.72. The second-order valence-electron chi connectivity index (χ2n) is 10.8. The first-order chi connectivity index (χ1) is 18.8. The summed E-state index contributed by atoms with van der Waals surface area (Å²) in [6.07, 6.45) is 9.75. The molecule has 1 aromatic rings. The molecule has 0 fully saturated rings. The predicted octanol–water partition coefficient (Wildman–Crippen LogP) is 4.29. The van der Waals surface area contributed by atoms with Gasteiger partial charge < -0.3 is 29.5 Å². The maximum Gasteiger partial charge on any atom is 0.343 e. The van der Waals surface area contributed by atoms with Crippen LogP contribution in [0.4, 0.5) is 0 Å². The van der Waals surface area contributed by atoms with Gasteiger partial charge in [0, 0.05) is 35.3 Å². The van der Waals surface area contributed by atoms with Crippen LogP contribution < -0.4 is 10.2 Å². The average Bonchev–Trinajstić information content (AvgIpc) is 3.52. The quantitative estimate of drug-likeness (QED) is 0.316. The zero-order chi connectivity index (χ0) is 29.7. The number of benzene rings is 1. The molecule has 0 unspecified atom stereocenters. The van der Waals surface area contributed by atoms with Gasteiger partial charge >= 0.3 is 11.9 Å². The first-order valence-corrected chi connectivity index (χ1v) is 13.5. The lowest BCUT2D eigenvalue weighted by Gasteiger charge is -2.39. The Bertz CT molecular complexity index is 1190. The molecule has 2 aliphatic carbocycles. The van der Waals surface area contributed by atoms with E-state index in [4.69, 9.17) is 9.47 Å². The fourth-order valence-corrected chi connectivity index (χ4v) is 4.81. The van der Waals surface area contributed by atoms with Crippen LogP contribution in [0.2, 0.25) is 0 Å². The van der Waals surface area contributed by atoms with Crippen LogP contribution in [0.5, 0.6) is 0 Å². The molecule has 0 amide bonds. The molecule has 0 atom stereocenters. The van der Waals surface area contributed by atoms with Crippen molar-refractivity contribution in [3.63, 3.8) is 0 Å². The highest BCUT2D eigenvalue weighted by atomic mass is 16.5. The maximum atomic E-state index is 13.1. The van der Waals surface area contributed by atoms with Crippen molar-refractivity contribution in [3.05, 3.63) is 106 Å². The third-order valence-electron chi connectivity index (χ3n) is 6.47. The number of ether oxygens (including phenoxy) is 2. The molecule has 0 N–H and O–H groups in total. The summed E-state index contributed by atoms with van der Waals surface area (Å²) in [5, 5.41) is 26.2. The normalized spacial score (nSPS) is 17.0. The third-order valence-corrected chi connectivity index (χ3v) is 6.47. The Labute approximate surface area is 236 Å². The number of nitrogens with zero attached hydrogens (tertiary/aromatic N) is 2. The Hall–Kier alpha value is -4.20. The minimum atomic E-state index is -0.660. The SMILES string of the molecule is CC(C)N(/C([O-])=C1\C=CC=C1OC(=O)c1ccc(C(=O)OC2=CC=C/C2=C(/[O-])N(C(C)C)C(C)C)cc1)C(C)C. The van der Waals surface area contributed by atoms with E-state index in [1.807, 2.05) is 55.4 Å². The largest absolute Gasteiger partial charge is 0.860 e. The van der Waals surface area contributed by atoms with Crippen molar-refractivity contribution in [1.82, 2.24) is 9.80 Å². The number of hydrogen-bond acceptors (Lipinski definition) is 8. The summed E-state index contributed by atoms with van der Waals surface area (Å²) in [6.45, 7) is 15.5. The van der Waals surface area contributed by atoms with E-state index in [9.17, 15) is 19.8 Å². The van der Waals surface area contributed by atoms with Gasteiger partial charge in [0.2, 0.25) is 0 Å². The molecule has 0 spiro atoms. The molecule has 0 heterocycles. The van der Waals surface area contributed by atoms with Crippen molar-refractivity contribution in [1.29, 1.82) is 0 Å². The minimum absolute atomic E-state index is 0.0230. The Balaban J connectivity index is 1.71. The molecule has 214 valence electrons. The Kier molecular flexibility index (Phi) is 9.69. The van der Waals surface area contributed by atoms with Gasteiger partial charge in [-0.15, -0.1) is 0 Å². The van der Waals surface area contributed by atoms with Crippen molar-refractivity contribution in [2.75, 3.05) is 0 Å². The predicted molar refractivity (Wildman–Crippen MR) is 150 cm³/mol. The van der Waals surface area contributed by atoms with Crippen LogP contribution in [0.1, 0.15) is 76.1 Å². The van der Waals surface area contributed by atoms with Crippen LogP contribution in [0, 0.1) is 0 Å². The van der Waals surface area contributed by atoms with Gasteiger partial charge in [0.05, 0.1) is 11.1 Å². The van der Waals surface area contributed by atoms with E-state index < -0.39 is 11.9 Å². The van der Waals surface area contributed by atoms with Crippen molar-refractivity contribution in [2.45, 2.75) is 79.6 Å². The maximum absolute atomic E-state index is 13.1. The Morgan fingerprint density at radius 3 is 1.18 bits per heavy atom. The van der Waals surface area contributed by atoms with Crippen LogP contribution in [-0.2, 0) is 9.47 Å². The molecule has 8 nitrogen and oxygen atoms in total. The lowest BCUT2D eigenvalue weighted by molar-refractivity contribution is -0.339. The van der Waals surface area contributed by atoms with Gasteiger partial charge in [-0.2, -0.15) is 0 Å². The van der Waals surface area contributed by atoms with Gasteiger partial charge in [-0.1, -0.05) is 24.3 Å². The first kappa shape index (κ1) is 30.3. The summed E-state index contributed by atoms with van der Waals surface area (Å²) < 4.78 is 11.1. The molecule has 0 saturated heterocycles. The lowest BCUT2D eigenvalue weighted by Crippen LogP contribution is -2.41. The number of rotatable bonds is 10. The fraction of sp³-hybridized carbons (Fsp3) is 0.375. The van der Waals surface area contributed by atoms with Gasteiger partial charge in [0.15, 0.2) is 0 Å². The Morgan fingerprint density at radius 1 is 0.600 bits per heavy atom.